The van der Waals surface area contributed by atoms with Crippen LogP contribution in [0.25, 0.3) is 0 Å². The largest absolute Gasteiger partial charge is 0.373 e. The number of halogens is 2. The lowest BCUT2D eigenvalue weighted by Crippen LogP contribution is -2.37. The fourth-order valence-electron chi connectivity index (χ4n) is 7.95. The third-order valence-electron chi connectivity index (χ3n) is 9.36. The van der Waals surface area contributed by atoms with E-state index in [4.69, 9.17) is 9.47 Å². The maximum Gasteiger partial charge on any atom is 0.125 e. The predicted octanol–water partition coefficient (Wildman–Crippen LogP) is 7.00. The summed E-state index contributed by atoms with van der Waals surface area (Å²) in [6, 6.07) is 0. The Bertz CT molecular complexity index is 970. The molecule has 8 atom stereocenters. The molecule has 0 N–H and O–H groups in total. The molecule has 0 radical (unpaired) electrons. The first kappa shape index (κ1) is 21.3. The van der Waals surface area contributed by atoms with Gasteiger partial charge in [-0.25, -0.2) is 8.78 Å². The quantitative estimate of drug-likeness (QED) is 0.435. The van der Waals surface area contributed by atoms with Crippen LogP contribution in [0.5, 0.6) is 0 Å². The summed E-state index contributed by atoms with van der Waals surface area (Å²) >= 11 is 0. The second-order valence-corrected chi connectivity index (χ2v) is 11.8. The average Bonchev–Trinajstić information content (AvgIpc) is 3.31. The fraction of sp³-hybridized carbons (Fsp3) is 0.714. The predicted molar refractivity (Wildman–Crippen MR) is 121 cm³/mol. The van der Waals surface area contributed by atoms with Crippen molar-refractivity contribution in [2.75, 3.05) is 13.2 Å². The summed E-state index contributed by atoms with van der Waals surface area (Å²) in [6.45, 7) is 9.88. The van der Waals surface area contributed by atoms with Crippen molar-refractivity contribution in [3.05, 3.63) is 45.1 Å². The van der Waals surface area contributed by atoms with Crippen molar-refractivity contribution in [3.8, 4) is 0 Å². The highest BCUT2D eigenvalue weighted by molar-refractivity contribution is 5.50. The van der Waals surface area contributed by atoms with Crippen molar-refractivity contribution in [1.82, 2.24) is 0 Å². The molecule has 7 unspecified atom stereocenters. The van der Waals surface area contributed by atoms with Crippen molar-refractivity contribution in [3.63, 3.8) is 0 Å². The fourth-order valence-corrected chi connectivity index (χ4v) is 7.95. The Labute approximate surface area is 190 Å². The Morgan fingerprint density at radius 2 is 1.34 bits per heavy atom. The van der Waals surface area contributed by atoms with Crippen LogP contribution in [-0.4, -0.2) is 25.4 Å². The zero-order valence-electron chi connectivity index (χ0n) is 19.8. The summed E-state index contributed by atoms with van der Waals surface area (Å²) < 4.78 is 43.7. The lowest BCUT2D eigenvalue weighted by molar-refractivity contribution is -0.0299. The molecule has 2 fully saturated rings. The molecule has 0 aromatic carbocycles. The lowest BCUT2D eigenvalue weighted by atomic mass is 9.68. The lowest BCUT2D eigenvalue weighted by Gasteiger charge is -2.40. The number of allylic oxidation sites excluding steroid dienone is 6. The van der Waals surface area contributed by atoms with Crippen LogP contribution in [0.4, 0.5) is 8.78 Å². The van der Waals surface area contributed by atoms with E-state index in [0.29, 0.717) is 30.1 Å². The van der Waals surface area contributed by atoms with Gasteiger partial charge in [0.25, 0.3) is 0 Å². The van der Waals surface area contributed by atoms with Gasteiger partial charge in [0.05, 0.1) is 12.2 Å². The molecular formula is C28H36F2O2. The Balaban J connectivity index is 1.35. The molecule has 174 valence electrons. The van der Waals surface area contributed by atoms with Gasteiger partial charge in [0.15, 0.2) is 0 Å². The third kappa shape index (κ3) is 3.08. The van der Waals surface area contributed by atoms with Crippen molar-refractivity contribution in [2.24, 2.45) is 35.5 Å². The van der Waals surface area contributed by atoms with Crippen LogP contribution in [0.3, 0.4) is 0 Å². The summed E-state index contributed by atoms with van der Waals surface area (Å²) in [4.78, 5) is 0. The van der Waals surface area contributed by atoms with Gasteiger partial charge in [-0.2, -0.15) is 0 Å². The maximum absolute atomic E-state index is 15.8. The van der Waals surface area contributed by atoms with Gasteiger partial charge >= 0.3 is 0 Å². The van der Waals surface area contributed by atoms with Gasteiger partial charge in [-0.05, 0) is 121 Å². The molecule has 0 amide bonds. The van der Waals surface area contributed by atoms with Crippen LogP contribution in [0, 0.1) is 35.5 Å². The Hall–Kier alpha value is -1.26. The van der Waals surface area contributed by atoms with E-state index in [1.54, 1.807) is 0 Å². The normalized spacial score (nSPS) is 44.1. The smallest absolute Gasteiger partial charge is 0.125 e. The van der Waals surface area contributed by atoms with Crippen molar-refractivity contribution < 1.29 is 18.3 Å². The van der Waals surface area contributed by atoms with Gasteiger partial charge in [0, 0.05) is 13.2 Å². The monoisotopic (exact) mass is 442 g/mol. The maximum atomic E-state index is 15.8. The highest BCUT2D eigenvalue weighted by Crippen LogP contribution is 2.57. The molecule has 0 aromatic heterocycles. The van der Waals surface area contributed by atoms with Crippen molar-refractivity contribution >= 4 is 0 Å². The van der Waals surface area contributed by atoms with E-state index in [1.165, 1.54) is 11.1 Å². The van der Waals surface area contributed by atoms with Gasteiger partial charge in [-0.15, -0.1) is 0 Å². The Morgan fingerprint density at radius 1 is 0.719 bits per heavy atom. The average molecular weight is 443 g/mol. The molecule has 6 rings (SSSR count). The minimum atomic E-state index is -0.00902. The molecule has 0 bridgehead atoms. The van der Waals surface area contributed by atoms with E-state index in [9.17, 15) is 0 Å². The van der Waals surface area contributed by atoms with Gasteiger partial charge < -0.3 is 9.47 Å². The van der Waals surface area contributed by atoms with Gasteiger partial charge in [-0.1, -0.05) is 13.8 Å². The van der Waals surface area contributed by atoms with Crippen LogP contribution in [0.2, 0.25) is 0 Å². The minimum Gasteiger partial charge on any atom is -0.373 e. The first-order valence-electron chi connectivity index (χ1n) is 12.7. The zero-order valence-corrected chi connectivity index (χ0v) is 19.8. The molecule has 32 heavy (non-hydrogen) atoms. The van der Waals surface area contributed by atoms with Gasteiger partial charge in [0.2, 0.25) is 0 Å². The molecule has 0 aromatic rings. The molecular weight excluding hydrogens is 406 g/mol. The van der Waals surface area contributed by atoms with Crippen molar-refractivity contribution in [2.45, 2.75) is 78.4 Å². The molecule has 0 spiro atoms. The highest BCUT2D eigenvalue weighted by atomic mass is 19.1. The van der Waals surface area contributed by atoms with E-state index < -0.39 is 0 Å². The highest BCUT2D eigenvalue weighted by Gasteiger charge is 2.50. The SMILES string of the molecule is CC1=C(F)C2=C(C3OCC(C)CC3C2)C([C@@H]2CC3=C(CC4CC(C)COC34)C(F)=C2C)C1. The van der Waals surface area contributed by atoms with E-state index in [1.807, 2.05) is 13.8 Å². The minimum absolute atomic E-state index is 0.00413. The number of ether oxygens (including phenoxy) is 2. The first-order chi connectivity index (χ1) is 15.3. The second kappa shape index (κ2) is 7.63. The Kier molecular flexibility index (Phi) is 5.08. The molecule has 4 heteroatoms. The Morgan fingerprint density at radius 3 is 2.06 bits per heavy atom. The molecule has 2 saturated heterocycles. The van der Waals surface area contributed by atoms with Crippen LogP contribution in [0.1, 0.15) is 66.2 Å². The number of rotatable bonds is 1. The summed E-state index contributed by atoms with van der Waals surface area (Å²) in [7, 11) is 0. The third-order valence-corrected chi connectivity index (χ3v) is 9.36. The van der Waals surface area contributed by atoms with E-state index in [-0.39, 0.29) is 35.7 Å². The molecule has 2 heterocycles. The second-order valence-electron chi connectivity index (χ2n) is 11.8. The summed E-state index contributed by atoms with van der Waals surface area (Å²) in [5, 5.41) is 0. The number of fused-ring (bicyclic) bond motifs is 4. The number of hydrogen-bond donors (Lipinski definition) is 0. The molecule has 0 saturated carbocycles. The standard InChI is InChI=1S/C28H36F2O2/c1-13-5-17-8-21-22(27(17)31-11-13)10-19(16(4)26(21)30)20-7-15(3)25(29)23-9-18-6-14(2)12-32-28(18)24(20)23/h13-14,17-20,27-28H,5-12H2,1-4H3/t13?,14?,17?,18?,19-,20?,27?,28?/m1/s1. The van der Waals surface area contributed by atoms with Crippen LogP contribution in [0.15, 0.2) is 45.1 Å². The van der Waals surface area contributed by atoms with Crippen molar-refractivity contribution in [1.29, 1.82) is 0 Å². The molecule has 6 aliphatic rings. The van der Waals surface area contributed by atoms with E-state index >= 15 is 8.78 Å². The molecule has 2 nitrogen and oxygen atoms in total. The van der Waals surface area contributed by atoms with Gasteiger partial charge in [-0.3, -0.25) is 0 Å². The van der Waals surface area contributed by atoms with Crippen LogP contribution < -0.4 is 0 Å². The van der Waals surface area contributed by atoms with Crippen LogP contribution in [-0.2, 0) is 9.47 Å². The zero-order chi connectivity index (χ0) is 22.3. The summed E-state index contributed by atoms with van der Waals surface area (Å²) in [6.07, 6.45) is 5.44. The van der Waals surface area contributed by atoms with Gasteiger partial charge in [0.1, 0.15) is 11.7 Å². The molecule has 4 aliphatic carbocycles. The first-order valence-corrected chi connectivity index (χ1v) is 12.7. The topological polar surface area (TPSA) is 18.5 Å². The number of hydrogen-bond acceptors (Lipinski definition) is 2. The van der Waals surface area contributed by atoms with E-state index in [0.717, 1.165) is 67.6 Å². The van der Waals surface area contributed by atoms with Crippen LogP contribution >= 0.6 is 0 Å². The summed E-state index contributed by atoms with van der Waals surface area (Å²) in [5.41, 5.74) is 5.90. The molecule has 2 aliphatic heterocycles. The van der Waals surface area contributed by atoms with E-state index in [2.05, 4.69) is 13.8 Å². The summed E-state index contributed by atoms with van der Waals surface area (Å²) in [5.74, 6) is 2.06.